The van der Waals surface area contributed by atoms with E-state index in [1.54, 1.807) is 11.8 Å². The minimum Gasteiger partial charge on any atom is -0.494 e. The van der Waals surface area contributed by atoms with Crippen molar-refractivity contribution in [3.05, 3.63) is 41.7 Å². The van der Waals surface area contributed by atoms with Gasteiger partial charge in [0.15, 0.2) is 0 Å². The first kappa shape index (κ1) is 14.1. The highest BCUT2D eigenvalue weighted by molar-refractivity contribution is 5.69. The van der Waals surface area contributed by atoms with E-state index in [1.165, 1.54) is 0 Å². The van der Waals surface area contributed by atoms with Crippen molar-refractivity contribution in [2.45, 2.75) is 26.2 Å². The topological polar surface area (TPSA) is 64.4 Å². The zero-order chi connectivity index (χ0) is 14.7. The number of aliphatic carboxylic acids is 1. The molecule has 1 aromatic carbocycles. The van der Waals surface area contributed by atoms with Crippen molar-refractivity contribution in [2.24, 2.45) is 0 Å². The fraction of sp³-hybridized carbons (Fsp3) is 0.333. The number of carboxylic acid groups (broad SMARTS) is 1. The normalized spacial score (nSPS) is 10.8. The van der Waals surface area contributed by atoms with Crippen LogP contribution in [0.1, 0.15) is 31.2 Å². The fourth-order valence-electron chi connectivity index (χ4n) is 2.10. The Kier molecular flexibility index (Phi) is 4.08. The third-order valence-corrected chi connectivity index (χ3v) is 3.02. The third-order valence-electron chi connectivity index (χ3n) is 3.02. The van der Waals surface area contributed by atoms with Crippen LogP contribution in [0.2, 0.25) is 0 Å². The Balaban J connectivity index is 2.54. The summed E-state index contributed by atoms with van der Waals surface area (Å²) in [5.74, 6) is 0.0549. The van der Waals surface area contributed by atoms with Gasteiger partial charge < -0.3 is 9.84 Å². The van der Waals surface area contributed by atoms with Crippen LogP contribution in [0.4, 0.5) is 0 Å². The van der Waals surface area contributed by atoms with Crippen molar-refractivity contribution in [1.82, 2.24) is 9.78 Å². The molecule has 0 aliphatic rings. The second-order valence-corrected chi connectivity index (χ2v) is 4.87. The standard InChI is InChI=1S/C15H18N2O3/c1-10(2)13-8-11(9-15(18)19)16-17(13)12-6-4-5-7-14(12)20-3/h4-8,10H,9H2,1-3H3,(H,18,19). The molecule has 0 spiro atoms. The molecule has 2 rings (SSSR count). The zero-order valence-corrected chi connectivity index (χ0v) is 11.8. The number of rotatable bonds is 5. The zero-order valence-electron chi connectivity index (χ0n) is 11.8. The molecular formula is C15H18N2O3. The number of para-hydroxylation sites is 2. The van der Waals surface area contributed by atoms with E-state index in [4.69, 9.17) is 9.84 Å². The van der Waals surface area contributed by atoms with Gasteiger partial charge >= 0.3 is 5.97 Å². The lowest BCUT2D eigenvalue weighted by Gasteiger charge is -2.13. The lowest BCUT2D eigenvalue weighted by atomic mass is 10.1. The number of hydrogen-bond donors (Lipinski definition) is 1. The van der Waals surface area contributed by atoms with E-state index in [9.17, 15) is 4.79 Å². The number of carbonyl (C=O) groups is 1. The van der Waals surface area contributed by atoms with Gasteiger partial charge in [-0.1, -0.05) is 26.0 Å². The highest BCUT2D eigenvalue weighted by atomic mass is 16.5. The number of aromatic nitrogens is 2. The average Bonchev–Trinajstić information content (AvgIpc) is 2.81. The van der Waals surface area contributed by atoms with Crippen LogP contribution >= 0.6 is 0 Å². The maximum Gasteiger partial charge on any atom is 0.309 e. The Labute approximate surface area is 117 Å². The summed E-state index contributed by atoms with van der Waals surface area (Å²) in [6.07, 6.45) is -0.0815. The van der Waals surface area contributed by atoms with Crippen LogP contribution in [0, 0.1) is 0 Å². The Morgan fingerprint density at radius 1 is 1.40 bits per heavy atom. The predicted octanol–water partition coefficient (Wildman–Crippen LogP) is 2.63. The van der Waals surface area contributed by atoms with E-state index in [2.05, 4.69) is 5.10 Å². The van der Waals surface area contributed by atoms with Crippen LogP contribution in [-0.4, -0.2) is 28.0 Å². The van der Waals surface area contributed by atoms with Crippen molar-refractivity contribution < 1.29 is 14.6 Å². The van der Waals surface area contributed by atoms with Gasteiger partial charge in [0.1, 0.15) is 11.4 Å². The molecule has 1 N–H and O–H groups in total. The molecule has 0 fully saturated rings. The quantitative estimate of drug-likeness (QED) is 0.910. The summed E-state index contributed by atoms with van der Waals surface area (Å²) >= 11 is 0. The van der Waals surface area contributed by atoms with Crippen LogP contribution in [-0.2, 0) is 11.2 Å². The number of carboxylic acids is 1. The minimum absolute atomic E-state index is 0.0815. The van der Waals surface area contributed by atoms with E-state index in [0.717, 1.165) is 11.4 Å². The largest absolute Gasteiger partial charge is 0.494 e. The van der Waals surface area contributed by atoms with Crippen LogP contribution in [0.15, 0.2) is 30.3 Å². The monoisotopic (exact) mass is 274 g/mol. The lowest BCUT2D eigenvalue weighted by Crippen LogP contribution is -2.06. The molecule has 106 valence electrons. The first-order valence-corrected chi connectivity index (χ1v) is 6.47. The predicted molar refractivity (Wildman–Crippen MR) is 75.5 cm³/mol. The van der Waals surface area contributed by atoms with Gasteiger partial charge in [0, 0.05) is 5.69 Å². The van der Waals surface area contributed by atoms with E-state index in [-0.39, 0.29) is 12.3 Å². The van der Waals surface area contributed by atoms with Gasteiger partial charge in [-0.2, -0.15) is 5.10 Å². The van der Waals surface area contributed by atoms with Crippen molar-refractivity contribution >= 4 is 5.97 Å². The van der Waals surface area contributed by atoms with Gasteiger partial charge in [0.05, 0.1) is 19.2 Å². The van der Waals surface area contributed by atoms with Crippen LogP contribution in [0.5, 0.6) is 5.75 Å². The van der Waals surface area contributed by atoms with Gasteiger partial charge in [-0.3, -0.25) is 4.79 Å². The number of benzene rings is 1. The Hall–Kier alpha value is -2.30. The molecule has 0 radical (unpaired) electrons. The van der Waals surface area contributed by atoms with Crippen molar-refractivity contribution in [2.75, 3.05) is 7.11 Å². The molecule has 2 aromatic rings. The first-order valence-electron chi connectivity index (χ1n) is 6.47. The van der Waals surface area contributed by atoms with Crippen molar-refractivity contribution in [1.29, 1.82) is 0 Å². The number of ether oxygens (including phenoxy) is 1. The Bertz CT molecular complexity index is 617. The molecule has 20 heavy (non-hydrogen) atoms. The summed E-state index contributed by atoms with van der Waals surface area (Å²) in [5.41, 5.74) is 2.33. The van der Waals surface area contributed by atoms with E-state index in [0.29, 0.717) is 11.4 Å². The highest BCUT2D eigenvalue weighted by Crippen LogP contribution is 2.26. The summed E-state index contributed by atoms with van der Waals surface area (Å²) in [4.78, 5) is 10.8. The molecule has 1 heterocycles. The van der Waals surface area contributed by atoms with E-state index >= 15 is 0 Å². The van der Waals surface area contributed by atoms with E-state index < -0.39 is 5.97 Å². The van der Waals surface area contributed by atoms with Crippen LogP contribution < -0.4 is 4.74 Å². The number of methoxy groups -OCH3 is 1. The van der Waals surface area contributed by atoms with Gasteiger partial charge in [-0.15, -0.1) is 0 Å². The number of hydrogen-bond acceptors (Lipinski definition) is 3. The third kappa shape index (κ3) is 2.82. The first-order chi connectivity index (χ1) is 9.52. The summed E-state index contributed by atoms with van der Waals surface area (Å²) in [5, 5.41) is 13.3. The minimum atomic E-state index is -0.884. The summed E-state index contributed by atoms with van der Waals surface area (Å²) < 4.78 is 7.11. The van der Waals surface area contributed by atoms with Crippen molar-refractivity contribution in [3.8, 4) is 11.4 Å². The highest BCUT2D eigenvalue weighted by Gasteiger charge is 2.16. The molecule has 0 amide bonds. The molecule has 0 saturated heterocycles. The molecule has 0 saturated carbocycles. The van der Waals surface area contributed by atoms with Crippen LogP contribution in [0.3, 0.4) is 0 Å². The van der Waals surface area contributed by atoms with E-state index in [1.807, 2.05) is 44.2 Å². The summed E-state index contributed by atoms with van der Waals surface area (Å²) in [7, 11) is 1.61. The van der Waals surface area contributed by atoms with Gasteiger partial charge in [0.2, 0.25) is 0 Å². The molecule has 1 aromatic heterocycles. The molecule has 0 bridgehead atoms. The molecule has 0 aliphatic heterocycles. The summed E-state index contributed by atoms with van der Waals surface area (Å²) in [6.45, 7) is 4.10. The van der Waals surface area contributed by atoms with Gasteiger partial charge in [-0.25, -0.2) is 4.68 Å². The average molecular weight is 274 g/mol. The summed E-state index contributed by atoms with van der Waals surface area (Å²) in [6, 6.07) is 9.39. The van der Waals surface area contributed by atoms with Gasteiger partial charge in [0.25, 0.3) is 0 Å². The second-order valence-electron chi connectivity index (χ2n) is 4.87. The fourth-order valence-corrected chi connectivity index (χ4v) is 2.10. The molecule has 5 nitrogen and oxygen atoms in total. The van der Waals surface area contributed by atoms with Crippen molar-refractivity contribution in [3.63, 3.8) is 0 Å². The second kappa shape index (κ2) is 5.77. The van der Waals surface area contributed by atoms with Gasteiger partial charge in [-0.05, 0) is 24.1 Å². The Morgan fingerprint density at radius 3 is 2.70 bits per heavy atom. The maximum atomic E-state index is 10.8. The molecule has 0 atom stereocenters. The lowest BCUT2D eigenvalue weighted by molar-refractivity contribution is -0.136. The Morgan fingerprint density at radius 2 is 2.10 bits per heavy atom. The number of nitrogens with zero attached hydrogens (tertiary/aromatic N) is 2. The SMILES string of the molecule is COc1ccccc1-n1nc(CC(=O)O)cc1C(C)C. The molecule has 5 heteroatoms. The maximum absolute atomic E-state index is 10.8. The molecule has 0 aliphatic carbocycles. The molecular weight excluding hydrogens is 256 g/mol. The molecule has 0 unspecified atom stereocenters. The smallest absolute Gasteiger partial charge is 0.309 e. The van der Waals surface area contributed by atoms with Crippen LogP contribution in [0.25, 0.3) is 5.69 Å².